The Bertz CT molecular complexity index is 521. The fourth-order valence-corrected chi connectivity index (χ4v) is 3.70. The van der Waals surface area contributed by atoms with E-state index in [0.29, 0.717) is 6.42 Å². The molecule has 1 aromatic heterocycles. The molecule has 18 heavy (non-hydrogen) atoms. The average molecular weight is 271 g/mol. The van der Waals surface area contributed by atoms with Gasteiger partial charge in [0.25, 0.3) is 0 Å². The maximum atomic E-state index is 11.6. The van der Waals surface area contributed by atoms with E-state index in [4.69, 9.17) is 0 Å². The first-order valence-corrected chi connectivity index (χ1v) is 8.27. The molecule has 1 N–H and O–H groups in total. The van der Waals surface area contributed by atoms with Crippen molar-refractivity contribution in [2.24, 2.45) is 7.05 Å². The number of nitrogens with zero attached hydrogens (tertiary/aromatic N) is 2. The number of nitrogens with one attached hydrogen (secondary N) is 1. The van der Waals surface area contributed by atoms with Crippen LogP contribution < -0.4 is 5.32 Å². The molecule has 5 nitrogen and oxygen atoms in total. The first-order chi connectivity index (χ1) is 8.38. The second kappa shape index (κ2) is 4.91. The molecule has 0 spiro atoms. The second-order valence-corrected chi connectivity index (χ2v) is 7.55. The van der Waals surface area contributed by atoms with E-state index in [1.54, 1.807) is 6.20 Å². The molecule has 1 aliphatic rings. The summed E-state index contributed by atoms with van der Waals surface area (Å²) in [5.41, 5.74) is 2.09. The zero-order chi connectivity index (χ0) is 13.3. The minimum Gasteiger partial charge on any atom is -0.380 e. The van der Waals surface area contributed by atoms with Gasteiger partial charge in [-0.25, -0.2) is 8.42 Å². The highest BCUT2D eigenvalue weighted by molar-refractivity contribution is 7.91. The standard InChI is InChI=1S/C12H21N3O2S/c1-9-12(8-13-15(9)2)14-10-5-4-6-11(7-10)18(3,16)17/h8,10-11,14H,4-7H2,1-3H3. The van der Waals surface area contributed by atoms with Crippen LogP contribution in [0.15, 0.2) is 6.20 Å². The number of rotatable bonds is 3. The Balaban J connectivity index is 2.04. The molecule has 0 bridgehead atoms. The molecule has 0 aliphatic heterocycles. The predicted molar refractivity (Wildman–Crippen MR) is 72.5 cm³/mol. The highest BCUT2D eigenvalue weighted by atomic mass is 32.2. The van der Waals surface area contributed by atoms with E-state index in [-0.39, 0.29) is 11.3 Å². The Morgan fingerprint density at radius 3 is 2.72 bits per heavy atom. The predicted octanol–water partition coefficient (Wildman–Crippen LogP) is 1.50. The number of hydrogen-bond acceptors (Lipinski definition) is 4. The van der Waals surface area contributed by atoms with E-state index >= 15 is 0 Å². The average Bonchev–Trinajstić information content (AvgIpc) is 2.60. The van der Waals surface area contributed by atoms with Gasteiger partial charge in [-0.1, -0.05) is 6.42 Å². The van der Waals surface area contributed by atoms with Crippen LogP contribution in [0.5, 0.6) is 0 Å². The van der Waals surface area contributed by atoms with Crippen LogP contribution in [0.3, 0.4) is 0 Å². The van der Waals surface area contributed by atoms with Crippen molar-refractivity contribution in [2.45, 2.75) is 43.9 Å². The highest BCUT2D eigenvalue weighted by Gasteiger charge is 2.29. The molecule has 0 aromatic carbocycles. The lowest BCUT2D eigenvalue weighted by molar-refractivity contribution is 0.453. The summed E-state index contributed by atoms with van der Waals surface area (Å²) in [6.07, 6.45) is 6.64. The van der Waals surface area contributed by atoms with Crippen molar-refractivity contribution in [3.8, 4) is 0 Å². The van der Waals surface area contributed by atoms with E-state index in [1.807, 2.05) is 18.7 Å². The molecule has 1 aliphatic carbocycles. The zero-order valence-corrected chi connectivity index (χ0v) is 12.0. The normalized spacial score (nSPS) is 25.1. The minimum atomic E-state index is -2.92. The lowest BCUT2D eigenvalue weighted by atomic mass is 9.95. The summed E-state index contributed by atoms with van der Waals surface area (Å²) in [5.74, 6) is 0. The van der Waals surface area contributed by atoms with Crippen LogP contribution in [0.4, 0.5) is 5.69 Å². The molecule has 102 valence electrons. The molecule has 2 unspecified atom stereocenters. The van der Waals surface area contributed by atoms with Gasteiger partial charge < -0.3 is 5.32 Å². The molecule has 2 rings (SSSR count). The first kappa shape index (κ1) is 13.4. The summed E-state index contributed by atoms with van der Waals surface area (Å²) < 4.78 is 25.0. The number of aromatic nitrogens is 2. The quantitative estimate of drug-likeness (QED) is 0.905. The number of anilines is 1. The fourth-order valence-electron chi connectivity index (χ4n) is 2.53. The number of aryl methyl sites for hydroxylation is 1. The summed E-state index contributed by atoms with van der Waals surface area (Å²) in [5, 5.41) is 7.42. The van der Waals surface area contributed by atoms with Gasteiger partial charge in [0.15, 0.2) is 0 Å². The van der Waals surface area contributed by atoms with Crippen LogP contribution in [0.25, 0.3) is 0 Å². The van der Waals surface area contributed by atoms with Crippen LogP contribution in [-0.4, -0.2) is 35.7 Å². The molecular weight excluding hydrogens is 250 g/mol. The van der Waals surface area contributed by atoms with Crippen molar-refractivity contribution in [2.75, 3.05) is 11.6 Å². The van der Waals surface area contributed by atoms with Crippen molar-refractivity contribution < 1.29 is 8.42 Å². The van der Waals surface area contributed by atoms with Gasteiger partial charge in [0, 0.05) is 19.3 Å². The minimum absolute atomic E-state index is 0.194. The topological polar surface area (TPSA) is 64.0 Å². The molecule has 0 saturated heterocycles. The summed E-state index contributed by atoms with van der Waals surface area (Å²) in [6, 6.07) is 0.237. The Kier molecular flexibility index (Phi) is 3.66. The van der Waals surface area contributed by atoms with Crippen LogP contribution in [0.1, 0.15) is 31.4 Å². The molecule has 2 atom stereocenters. The molecule has 0 radical (unpaired) electrons. The van der Waals surface area contributed by atoms with Gasteiger partial charge in [-0.15, -0.1) is 0 Å². The zero-order valence-electron chi connectivity index (χ0n) is 11.2. The summed E-state index contributed by atoms with van der Waals surface area (Å²) in [4.78, 5) is 0. The summed E-state index contributed by atoms with van der Waals surface area (Å²) in [6.45, 7) is 2.01. The third kappa shape index (κ3) is 2.85. The van der Waals surface area contributed by atoms with E-state index < -0.39 is 9.84 Å². The van der Waals surface area contributed by atoms with Crippen LogP contribution in [0, 0.1) is 6.92 Å². The molecule has 1 heterocycles. The molecular formula is C12H21N3O2S. The van der Waals surface area contributed by atoms with E-state index in [0.717, 1.165) is 30.6 Å². The van der Waals surface area contributed by atoms with Crippen LogP contribution in [-0.2, 0) is 16.9 Å². The number of sulfone groups is 1. The lowest BCUT2D eigenvalue weighted by Crippen LogP contribution is -2.34. The third-order valence-electron chi connectivity index (χ3n) is 3.83. The second-order valence-electron chi connectivity index (χ2n) is 5.23. The SMILES string of the molecule is Cc1c(NC2CCCC(S(C)(=O)=O)C2)cnn1C. The van der Waals surface area contributed by atoms with Gasteiger partial charge in [-0.3, -0.25) is 4.68 Å². The van der Waals surface area contributed by atoms with Crippen molar-refractivity contribution in [1.82, 2.24) is 9.78 Å². The van der Waals surface area contributed by atoms with E-state index in [9.17, 15) is 8.42 Å². The highest BCUT2D eigenvalue weighted by Crippen LogP contribution is 2.27. The van der Waals surface area contributed by atoms with Gasteiger partial charge in [0.1, 0.15) is 9.84 Å². The maximum absolute atomic E-state index is 11.6. The Morgan fingerprint density at radius 2 is 2.17 bits per heavy atom. The van der Waals surface area contributed by atoms with E-state index in [2.05, 4.69) is 10.4 Å². The summed E-state index contributed by atoms with van der Waals surface area (Å²) >= 11 is 0. The van der Waals surface area contributed by atoms with Gasteiger partial charge in [-0.05, 0) is 26.2 Å². The molecule has 0 amide bonds. The van der Waals surface area contributed by atoms with Crippen LogP contribution in [0.2, 0.25) is 0 Å². The molecule has 1 fully saturated rings. The Morgan fingerprint density at radius 1 is 1.44 bits per heavy atom. The van der Waals surface area contributed by atoms with Gasteiger partial charge >= 0.3 is 0 Å². The molecule has 1 saturated carbocycles. The third-order valence-corrected chi connectivity index (χ3v) is 5.47. The first-order valence-electron chi connectivity index (χ1n) is 6.32. The van der Waals surface area contributed by atoms with Gasteiger partial charge in [0.2, 0.25) is 0 Å². The van der Waals surface area contributed by atoms with Crippen molar-refractivity contribution in [3.63, 3.8) is 0 Å². The Hall–Kier alpha value is -1.04. The van der Waals surface area contributed by atoms with Crippen molar-refractivity contribution in [1.29, 1.82) is 0 Å². The largest absolute Gasteiger partial charge is 0.380 e. The molecule has 6 heteroatoms. The monoisotopic (exact) mass is 271 g/mol. The van der Waals surface area contributed by atoms with Crippen molar-refractivity contribution >= 4 is 15.5 Å². The lowest BCUT2D eigenvalue weighted by Gasteiger charge is -2.29. The maximum Gasteiger partial charge on any atom is 0.150 e. The van der Waals surface area contributed by atoms with Crippen LogP contribution >= 0.6 is 0 Å². The number of hydrogen-bond donors (Lipinski definition) is 1. The van der Waals surface area contributed by atoms with Gasteiger partial charge in [0.05, 0.1) is 22.8 Å². The summed E-state index contributed by atoms with van der Waals surface area (Å²) in [7, 11) is -1.01. The van der Waals surface area contributed by atoms with Crippen molar-refractivity contribution in [3.05, 3.63) is 11.9 Å². The molecule has 1 aromatic rings. The van der Waals surface area contributed by atoms with Gasteiger partial charge in [-0.2, -0.15) is 5.10 Å². The smallest absolute Gasteiger partial charge is 0.150 e. The fraction of sp³-hybridized carbons (Fsp3) is 0.750. The van der Waals surface area contributed by atoms with E-state index in [1.165, 1.54) is 6.26 Å². The Labute approximate surface area is 108 Å².